The van der Waals surface area contributed by atoms with E-state index in [0.29, 0.717) is 18.0 Å². The topological polar surface area (TPSA) is 61.3 Å². The Morgan fingerprint density at radius 2 is 1.47 bits per heavy atom. The summed E-state index contributed by atoms with van der Waals surface area (Å²) in [6.07, 6.45) is 12.3. The van der Waals surface area contributed by atoms with Crippen LogP contribution in [0, 0.1) is 0 Å². The molecule has 0 radical (unpaired) electrons. The average molecular weight is 403 g/mol. The number of hydrogen-bond donors (Lipinski definition) is 2. The van der Waals surface area contributed by atoms with Crippen LogP contribution in [0.4, 0.5) is 0 Å². The lowest BCUT2D eigenvalue weighted by molar-refractivity contribution is 0.352. The molecule has 30 heavy (non-hydrogen) atoms. The molecule has 0 amide bonds. The Bertz CT molecular complexity index is 899. The number of hydrogen-bond acceptors (Lipinski definition) is 3. The third-order valence-electron chi connectivity index (χ3n) is 5.72. The maximum atomic E-state index is 5.97. The highest BCUT2D eigenvalue weighted by Gasteiger charge is 2.15. The molecule has 0 spiro atoms. The lowest BCUT2D eigenvalue weighted by atomic mass is 9.84. The van der Waals surface area contributed by atoms with E-state index >= 15 is 0 Å². The molecule has 2 aromatic rings. The maximum absolute atomic E-state index is 5.97. The Balaban J connectivity index is 1.57. The summed E-state index contributed by atoms with van der Waals surface area (Å²) in [5.74, 6) is 1.60. The summed E-state index contributed by atoms with van der Waals surface area (Å²) in [7, 11) is 0. The minimum Gasteiger partial charge on any atom is -0.489 e. The minimum absolute atomic E-state index is 0.486. The van der Waals surface area contributed by atoms with Crippen molar-refractivity contribution in [2.45, 2.75) is 51.9 Å². The van der Waals surface area contributed by atoms with Gasteiger partial charge in [-0.1, -0.05) is 61.7 Å². The Hall–Kier alpha value is -2.94. The third-order valence-corrected chi connectivity index (χ3v) is 5.72. The second-order valence-corrected chi connectivity index (χ2v) is 8.19. The first-order chi connectivity index (χ1) is 14.5. The Morgan fingerprint density at radius 3 is 2.07 bits per heavy atom. The monoisotopic (exact) mass is 402 g/mol. The van der Waals surface area contributed by atoms with Crippen molar-refractivity contribution in [3.05, 3.63) is 89.3 Å². The van der Waals surface area contributed by atoms with Crippen LogP contribution >= 0.6 is 0 Å². The van der Waals surface area contributed by atoms with Crippen LogP contribution in [0.1, 0.15) is 57.4 Å². The van der Waals surface area contributed by atoms with Gasteiger partial charge in [0.05, 0.1) is 0 Å². The lowest BCUT2D eigenvalue weighted by Crippen LogP contribution is -2.04. The van der Waals surface area contributed by atoms with Crippen LogP contribution in [0.15, 0.2) is 83.7 Å². The molecule has 0 unspecified atom stereocenters. The van der Waals surface area contributed by atoms with E-state index in [1.165, 1.54) is 48.8 Å². The van der Waals surface area contributed by atoms with Crippen molar-refractivity contribution in [1.82, 2.24) is 0 Å². The lowest BCUT2D eigenvalue weighted by Gasteiger charge is -2.22. The normalized spacial score (nSPS) is 16.5. The van der Waals surface area contributed by atoms with Crippen molar-refractivity contribution in [3.63, 3.8) is 0 Å². The van der Waals surface area contributed by atoms with Gasteiger partial charge in [0.15, 0.2) is 0 Å². The van der Waals surface area contributed by atoms with Crippen molar-refractivity contribution in [3.8, 4) is 16.9 Å². The molecule has 0 bridgehead atoms. The van der Waals surface area contributed by atoms with E-state index in [4.69, 9.17) is 16.2 Å². The van der Waals surface area contributed by atoms with Gasteiger partial charge in [-0.25, -0.2) is 0 Å². The zero-order valence-electron chi connectivity index (χ0n) is 18.2. The van der Waals surface area contributed by atoms with Crippen molar-refractivity contribution in [2.24, 2.45) is 11.5 Å². The molecule has 158 valence electrons. The van der Waals surface area contributed by atoms with Gasteiger partial charge in [-0.3, -0.25) is 0 Å². The first-order valence-corrected chi connectivity index (χ1v) is 10.9. The molecular weight excluding hydrogens is 368 g/mol. The molecule has 1 aliphatic carbocycles. The van der Waals surface area contributed by atoms with Gasteiger partial charge < -0.3 is 16.2 Å². The molecular formula is C27H34N2O. The summed E-state index contributed by atoms with van der Waals surface area (Å²) in [6.45, 7) is 4.36. The fraction of sp³-hybridized carbons (Fsp3) is 0.333. The van der Waals surface area contributed by atoms with Crippen LogP contribution in [0.5, 0.6) is 5.75 Å². The summed E-state index contributed by atoms with van der Waals surface area (Å²) in [4.78, 5) is 0. The highest BCUT2D eigenvalue weighted by Crippen LogP contribution is 2.33. The standard InChI is InChI=1S/C27H34N2O/c1-3-25(28)18-26(29)17-20(2)19-30-27-15-13-24(14-16-27)23-11-9-22(10-12-23)21-7-5-4-6-8-21/h3,9-18,21H,4-8,19,28-29H2,1-2H3/b20-17+,25-3+,26-18+. The summed E-state index contributed by atoms with van der Waals surface area (Å²) in [5.41, 5.74) is 18.0. The quantitative estimate of drug-likeness (QED) is 0.524. The largest absolute Gasteiger partial charge is 0.489 e. The predicted octanol–water partition coefficient (Wildman–Crippen LogP) is 6.43. The van der Waals surface area contributed by atoms with Gasteiger partial charge in [-0.15, -0.1) is 0 Å². The maximum Gasteiger partial charge on any atom is 0.119 e. The molecule has 0 saturated heterocycles. The molecule has 3 nitrogen and oxygen atoms in total. The van der Waals surface area contributed by atoms with Gasteiger partial charge in [0, 0.05) is 11.4 Å². The predicted molar refractivity (Wildman–Crippen MR) is 127 cm³/mol. The van der Waals surface area contributed by atoms with Crippen LogP contribution in [-0.2, 0) is 0 Å². The van der Waals surface area contributed by atoms with E-state index in [1.807, 2.05) is 38.1 Å². The Morgan fingerprint density at radius 1 is 0.867 bits per heavy atom. The molecule has 0 aromatic heterocycles. The molecule has 3 heteroatoms. The average Bonchev–Trinajstić information content (AvgIpc) is 2.78. The third kappa shape index (κ3) is 6.28. The number of ether oxygens (including phenoxy) is 1. The first kappa shape index (κ1) is 21.8. The van der Waals surface area contributed by atoms with Crippen molar-refractivity contribution < 1.29 is 4.74 Å². The highest BCUT2D eigenvalue weighted by atomic mass is 16.5. The molecule has 1 fully saturated rings. The molecule has 1 aliphatic rings. The molecule has 2 aromatic carbocycles. The SMILES string of the molecule is C\C=C(N)/C=C(N)\C=C(/C)COc1ccc(-c2ccc(C3CCCCC3)cc2)cc1. The number of allylic oxidation sites excluding steroid dienone is 3. The van der Waals surface area contributed by atoms with Gasteiger partial charge in [-0.05, 0) is 79.2 Å². The Kier molecular flexibility index (Phi) is 7.78. The molecule has 0 heterocycles. The Labute approximate surface area is 181 Å². The van der Waals surface area contributed by atoms with Gasteiger partial charge in [-0.2, -0.15) is 0 Å². The molecule has 0 aliphatic heterocycles. The van der Waals surface area contributed by atoms with E-state index in [1.54, 1.807) is 6.08 Å². The molecule has 4 N–H and O–H groups in total. The van der Waals surface area contributed by atoms with Crippen LogP contribution in [0.2, 0.25) is 0 Å². The van der Waals surface area contributed by atoms with E-state index in [-0.39, 0.29) is 0 Å². The van der Waals surface area contributed by atoms with Gasteiger partial charge in [0.25, 0.3) is 0 Å². The summed E-state index contributed by atoms with van der Waals surface area (Å²) >= 11 is 0. The molecule has 1 saturated carbocycles. The number of nitrogens with two attached hydrogens (primary N) is 2. The zero-order chi connectivity index (χ0) is 21.3. The summed E-state index contributed by atoms with van der Waals surface area (Å²) in [6, 6.07) is 17.4. The van der Waals surface area contributed by atoms with Crippen molar-refractivity contribution in [1.29, 1.82) is 0 Å². The first-order valence-electron chi connectivity index (χ1n) is 10.9. The summed E-state index contributed by atoms with van der Waals surface area (Å²) < 4.78 is 5.89. The van der Waals surface area contributed by atoms with E-state index < -0.39 is 0 Å². The fourth-order valence-electron chi connectivity index (χ4n) is 3.97. The van der Waals surface area contributed by atoms with Crippen LogP contribution in [-0.4, -0.2) is 6.61 Å². The number of rotatable bonds is 7. The smallest absolute Gasteiger partial charge is 0.119 e. The van der Waals surface area contributed by atoms with Crippen molar-refractivity contribution in [2.75, 3.05) is 6.61 Å². The minimum atomic E-state index is 0.486. The fourth-order valence-corrected chi connectivity index (χ4v) is 3.97. The highest BCUT2D eigenvalue weighted by molar-refractivity contribution is 5.64. The van der Waals surface area contributed by atoms with Gasteiger partial charge in [0.2, 0.25) is 0 Å². The van der Waals surface area contributed by atoms with Crippen molar-refractivity contribution >= 4 is 0 Å². The second kappa shape index (κ2) is 10.7. The zero-order valence-corrected chi connectivity index (χ0v) is 18.2. The molecule has 0 atom stereocenters. The van der Waals surface area contributed by atoms with Crippen LogP contribution in [0.3, 0.4) is 0 Å². The van der Waals surface area contributed by atoms with E-state index in [9.17, 15) is 0 Å². The van der Waals surface area contributed by atoms with Gasteiger partial charge in [0.1, 0.15) is 12.4 Å². The van der Waals surface area contributed by atoms with E-state index in [0.717, 1.165) is 17.2 Å². The second-order valence-electron chi connectivity index (χ2n) is 8.19. The van der Waals surface area contributed by atoms with Crippen LogP contribution < -0.4 is 16.2 Å². The van der Waals surface area contributed by atoms with E-state index in [2.05, 4.69) is 36.4 Å². The number of benzene rings is 2. The van der Waals surface area contributed by atoms with Gasteiger partial charge >= 0.3 is 0 Å². The summed E-state index contributed by atoms with van der Waals surface area (Å²) in [5, 5.41) is 0. The van der Waals surface area contributed by atoms with Crippen LogP contribution in [0.25, 0.3) is 11.1 Å². The molecule has 3 rings (SSSR count).